The first-order valence-corrected chi connectivity index (χ1v) is 22.9. The van der Waals surface area contributed by atoms with Gasteiger partial charge in [0.25, 0.3) is 0 Å². The number of hydrogen-bond acceptors (Lipinski definition) is 2. The van der Waals surface area contributed by atoms with Gasteiger partial charge in [-0.15, -0.1) is 0 Å². The topological polar surface area (TPSA) is 48.9 Å². The van der Waals surface area contributed by atoms with Crippen molar-refractivity contribution in [1.29, 1.82) is 0 Å². The van der Waals surface area contributed by atoms with Gasteiger partial charge >= 0.3 is 0 Å². The fraction of sp³-hybridized carbons (Fsp3) is 0.127. The van der Waals surface area contributed by atoms with Gasteiger partial charge in [0.1, 0.15) is 0 Å². The second-order valence-corrected chi connectivity index (χ2v) is 18.3. The SMILES string of the molecule is CCn1c2ccccc2c2cc(C3(c4ccc5c(c4)c4ccccc4n5CCc4cccc5c4c4ccccc4n5CC)c4ccccc4S(=O)(=O)c4ccccc43)ccc21. The maximum Gasteiger partial charge on any atom is 0.207 e. The first-order valence-electron chi connectivity index (χ1n) is 21.4. The Labute approximate surface area is 354 Å². The molecule has 0 N–H and O–H groups in total. The lowest BCUT2D eigenvalue weighted by Crippen LogP contribution is -2.37. The van der Waals surface area contributed by atoms with Crippen LogP contribution in [-0.4, -0.2) is 22.1 Å². The summed E-state index contributed by atoms with van der Waals surface area (Å²) in [4.78, 5) is 0.705. The number of benzene rings is 8. The molecule has 0 spiro atoms. The Morgan fingerprint density at radius 2 is 0.869 bits per heavy atom. The van der Waals surface area contributed by atoms with Crippen molar-refractivity contribution in [2.24, 2.45) is 0 Å². The Morgan fingerprint density at radius 3 is 1.46 bits per heavy atom. The second-order valence-electron chi connectivity index (χ2n) is 16.5. The summed E-state index contributed by atoms with van der Waals surface area (Å²) >= 11 is 0. The lowest BCUT2D eigenvalue weighted by Gasteiger charge is -2.42. The average molecular weight is 810 g/mol. The quantitative estimate of drug-likeness (QED) is 0.161. The smallest absolute Gasteiger partial charge is 0.207 e. The minimum atomic E-state index is -3.81. The molecule has 6 heteroatoms. The van der Waals surface area contributed by atoms with Gasteiger partial charge in [0.05, 0.1) is 15.2 Å². The molecular weight excluding hydrogens is 767 g/mol. The molecule has 8 aromatic carbocycles. The number of nitrogens with zero attached hydrogens (tertiary/aromatic N) is 3. The molecular formula is C55H43N3O2S. The molecule has 3 aromatic heterocycles. The van der Waals surface area contributed by atoms with Crippen molar-refractivity contribution >= 4 is 75.3 Å². The van der Waals surface area contributed by atoms with Gasteiger partial charge in [-0.3, -0.25) is 0 Å². The molecule has 0 atom stereocenters. The van der Waals surface area contributed by atoms with Crippen LogP contribution in [0, 0.1) is 0 Å². The molecule has 61 heavy (non-hydrogen) atoms. The van der Waals surface area contributed by atoms with Gasteiger partial charge in [0.15, 0.2) is 0 Å². The van der Waals surface area contributed by atoms with Crippen molar-refractivity contribution in [3.8, 4) is 0 Å². The molecule has 0 saturated heterocycles. The molecule has 0 aliphatic carbocycles. The van der Waals surface area contributed by atoms with Gasteiger partial charge in [0.2, 0.25) is 9.84 Å². The lowest BCUT2D eigenvalue weighted by molar-refractivity contribution is 0.579. The molecule has 0 amide bonds. The summed E-state index contributed by atoms with van der Waals surface area (Å²) in [5.74, 6) is 0. The molecule has 11 aromatic rings. The lowest BCUT2D eigenvalue weighted by atomic mass is 9.64. The average Bonchev–Trinajstić information content (AvgIpc) is 3.93. The molecule has 1 aliphatic rings. The van der Waals surface area contributed by atoms with Crippen LogP contribution in [0.25, 0.3) is 65.4 Å². The maximum absolute atomic E-state index is 14.6. The van der Waals surface area contributed by atoms with E-state index in [1.807, 2.05) is 36.4 Å². The summed E-state index contributed by atoms with van der Waals surface area (Å²) in [6, 6.07) is 61.9. The van der Waals surface area contributed by atoms with Gasteiger partial charge < -0.3 is 13.7 Å². The third kappa shape index (κ3) is 4.85. The minimum absolute atomic E-state index is 0.353. The van der Waals surface area contributed by atoms with Gasteiger partial charge in [-0.2, -0.15) is 0 Å². The zero-order valence-electron chi connectivity index (χ0n) is 34.1. The van der Waals surface area contributed by atoms with Crippen LogP contribution in [0.15, 0.2) is 186 Å². The number of aryl methyl sites for hydroxylation is 4. The summed E-state index contributed by atoms with van der Waals surface area (Å²) in [6.07, 6.45) is 0.874. The predicted molar refractivity (Wildman–Crippen MR) is 251 cm³/mol. The minimum Gasteiger partial charge on any atom is -0.341 e. The number of hydrogen-bond donors (Lipinski definition) is 0. The molecule has 12 rings (SSSR count). The maximum atomic E-state index is 14.6. The van der Waals surface area contributed by atoms with Gasteiger partial charge in [-0.25, -0.2) is 8.42 Å². The summed E-state index contributed by atoms with van der Waals surface area (Å²) < 4.78 is 36.5. The molecule has 5 nitrogen and oxygen atoms in total. The Morgan fingerprint density at radius 1 is 0.426 bits per heavy atom. The molecule has 4 heterocycles. The summed E-state index contributed by atoms with van der Waals surface area (Å²) in [5, 5.41) is 7.33. The first-order chi connectivity index (χ1) is 29.9. The van der Waals surface area contributed by atoms with E-state index >= 15 is 0 Å². The number of rotatable bonds is 7. The highest BCUT2D eigenvalue weighted by Gasteiger charge is 2.49. The number of aromatic nitrogens is 3. The van der Waals surface area contributed by atoms with E-state index in [9.17, 15) is 8.42 Å². The monoisotopic (exact) mass is 809 g/mol. The standard InChI is InChI=1S/C55H43N3O2S/c1-3-56-46-22-10-5-17-39(46)42-34-37(28-30-49(42)56)55(44-20-8-13-26-52(44)61(59,60)53-27-14-9-21-45(53)55)38-29-31-50-43(35-38)40-18-6-11-23-47(40)58(50)33-32-36-16-15-25-51-54(36)41-19-7-12-24-48(41)57(51)4-2/h5-31,34-35H,3-4,32-33H2,1-2H3. The van der Waals surface area contributed by atoms with E-state index in [0.717, 1.165) is 64.6 Å². The predicted octanol–water partition coefficient (Wildman–Crippen LogP) is 12.8. The summed E-state index contributed by atoms with van der Waals surface area (Å²) in [5.41, 5.74) is 11.3. The zero-order valence-corrected chi connectivity index (χ0v) is 35.0. The van der Waals surface area contributed by atoms with Crippen LogP contribution in [0.4, 0.5) is 0 Å². The molecule has 0 saturated carbocycles. The van der Waals surface area contributed by atoms with E-state index in [1.165, 1.54) is 54.7 Å². The van der Waals surface area contributed by atoms with Crippen LogP contribution in [0.3, 0.4) is 0 Å². The highest BCUT2D eigenvalue weighted by molar-refractivity contribution is 7.91. The number of para-hydroxylation sites is 3. The van der Waals surface area contributed by atoms with Crippen molar-refractivity contribution in [1.82, 2.24) is 13.7 Å². The van der Waals surface area contributed by atoms with E-state index in [1.54, 1.807) is 12.1 Å². The first kappa shape index (κ1) is 36.0. The van der Waals surface area contributed by atoms with Crippen molar-refractivity contribution in [3.63, 3.8) is 0 Å². The molecule has 1 aliphatic heterocycles. The summed E-state index contributed by atoms with van der Waals surface area (Å²) in [7, 11) is -3.81. The van der Waals surface area contributed by atoms with Crippen molar-refractivity contribution in [2.75, 3.05) is 0 Å². The molecule has 0 radical (unpaired) electrons. The van der Waals surface area contributed by atoms with E-state index < -0.39 is 15.3 Å². The largest absolute Gasteiger partial charge is 0.341 e. The van der Waals surface area contributed by atoms with Crippen LogP contribution in [0.2, 0.25) is 0 Å². The van der Waals surface area contributed by atoms with E-state index in [0.29, 0.717) is 9.79 Å². The number of sulfone groups is 1. The fourth-order valence-electron chi connectivity index (χ4n) is 11.2. The highest BCUT2D eigenvalue weighted by atomic mass is 32.2. The summed E-state index contributed by atoms with van der Waals surface area (Å²) in [6.45, 7) is 6.98. The van der Waals surface area contributed by atoms with Crippen LogP contribution in [0.5, 0.6) is 0 Å². The Balaban J connectivity index is 1.11. The van der Waals surface area contributed by atoms with E-state index in [4.69, 9.17) is 0 Å². The van der Waals surface area contributed by atoms with Crippen LogP contribution < -0.4 is 0 Å². The third-order valence-electron chi connectivity index (χ3n) is 13.7. The van der Waals surface area contributed by atoms with Crippen LogP contribution in [-0.2, 0) is 41.3 Å². The van der Waals surface area contributed by atoms with Gasteiger partial charge in [-0.05, 0) is 109 Å². The fourth-order valence-corrected chi connectivity index (χ4v) is 13.0. The van der Waals surface area contributed by atoms with Crippen molar-refractivity contribution in [3.05, 3.63) is 204 Å². The van der Waals surface area contributed by atoms with Gasteiger partial charge in [0, 0.05) is 85.1 Å². The van der Waals surface area contributed by atoms with E-state index in [2.05, 4.69) is 155 Å². The van der Waals surface area contributed by atoms with E-state index in [-0.39, 0.29) is 0 Å². The van der Waals surface area contributed by atoms with Crippen molar-refractivity contribution in [2.45, 2.75) is 55.1 Å². The Kier molecular flexibility index (Phi) is 7.85. The molecule has 0 bridgehead atoms. The van der Waals surface area contributed by atoms with Crippen molar-refractivity contribution < 1.29 is 8.42 Å². The molecule has 0 fully saturated rings. The van der Waals surface area contributed by atoms with Crippen LogP contribution in [0.1, 0.15) is 41.7 Å². The van der Waals surface area contributed by atoms with Gasteiger partial charge in [-0.1, -0.05) is 115 Å². The normalized spacial score (nSPS) is 14.4. The number of fused-ring (bicyclic) bond motifs is 11. The third-order valence-corrected chi connectivity index (χ3v) is 15.6. The van der Waals surface area contributed by atoms with Crippen LogP contribution >= 0.6 is 0 Å². The molecule has 0 unspecified atom stereocenters. The Bertz CT molecular complexity index is 3660. The zero-order chi connectivity index (χ0) is 41.0. The Hall–Kier alpha value is -6.89. The second kappa shape index (κ2) is 13.3. The highest BCUT2D eigenvalue weighted by Crippen LogP contribution is 2.55. The molecule has 296 valence electrons.